The highest BCUT2D eigenvalue weighted by Gasteiger charge is 2.26. The van der Waals surface area contributed by atoms with Crippen molar-refractivity contribution in [3.63, 3.8) is 0 Å². The molecule has 27 heavy (non-hydrogen) atoms. The van der Waals surface area contributed by atoms with Gasteiger partial charge in [0.15, 0.2) is 0 Å². The van der Waals surface area contributed by atoms with E-state index in [4.69, 9.17) is 11.6 Å². The number of rotatable bonds is 3. The molecule has 136 valence electrons. The number of halogens is 1. The first-order valence-corrected chi connectivity index (χ1v) is 9.68. The fraction of sp³-hybridized carbons (Fsp3) is 0.100. The number of anilines is 3. The van der Waals surface area contributed by atoms with Crippen LogP contribution in [0.3, 0.4) is 0 Å². The van der Waals surface area contributed by atoms with Gasteiger partial charge in [0.1, 0.15) is 0 Å². The van der Waals surface area contributed by atoms with Gasteiger partial charge in [0.05, 0.1) is 4.88 Å². The van der Waals surface area contributed by atoms with Crippen LogP contribution < -0.4 is 15.5 Å². The highest BCUT2D eigenvalue weighted by Crippen LogP contribution is 2.32. The second-order valence-corrected chi connectivity index (χ2v) is 7.50. The van der Waals surface area contributed by atoms with Crippen molar-refractivity contribution in [2.24, 2.45) is 0 Å². The zero-order valence-corrected chi connectivity index (χ0v) is 15.8. The molecule has 4 rings (SSSR count). The maximum atomic E-state index is 12.7. The van der Waals surface area contributed by atoms with Crippen molar-refractivity contribution >= 4 is 51.9 Å². The summed E-state index contributed by atoms with van der Waals surface area (Å²) in [5.74, 6) is -0.00993. The SMILES string of the molecule is O=C(Nc1cccc(Cl)c1)Nc1ccc2c(c1)N(C(=O)c1cccs1)CC2. The van der Waals surface area contributed by atoms with Gasteiger partial charge in [0.25, 0.3) is 5.91 Å². The van der Waals surface area contributed by atoms with Crippen molar-refractivity contribution in [2.75, 3.05) is 22.1 Å². The highest BCUT2D eigenvalue weighted by molar-refractivity contribution is 7.12. The van der Waals surface area contributed by atoms with Crippen molar-refractivity contribution in [2.45, 2.75) is 6.42 Å². The van der Waals surface area contributed by atoms with E-state index in [-0.39, 0.29) is 11.9 Å². The molecule has 0 aliphatic carbocycles. The molecule has 3 amide bonds. The number of nitrogens with zero attached hydrogens (tertiary/aromatic N) is 1. The molecule has 1 aliphatic heterocycles. The maximum Gasteiger partial charge on any atom is 0.323 e. The molecular weight excluding hydrogens is 382 g/mol. The lowest BCUT2D eigenvalue weighted by atomic mass is 10.1. The molecule has 2 heterocycles. The van der Waals surface area contributed by atoms with Crippen molar-refractivity contribution in [3.05, 3.63) is 75.4 Å². The van der Waals surface area contributed by atoms with E-state index < -0.39 is 0 Å². The lowest BCUT2D eigenvalue weighted by Crippen LogP contribution is -2.28. The number of amides is 3. The monoisotopic (exact) mass is 397 g/mol. The molecule has 0 spiro atoms. The smallest absolute Gasteiger partial charge is 0.308 e. The molecule has 0 bridgehead atoms. The zero-order valence-electron chi connectivity index (χ0n) is 14.2. The number of carbonyl (C=O) groups excluding carboxylic acids is 2. The lowest BCUT2D eigenvalue weighted by Gasteiger charge is -2.17. The Morgan fingerprint density at radius 1 is 1.00 bits per heavy atom. The average molecular weight is 398 g/mol. The van der Waals surface area contributed by atoms with E-state index in [0.717, 1.165) is 17.7 Å². The summed E-state index contributed by atoms with van der Waals surface area (Å²) in [6, 6.07) is 15.9. The van der Waals surface area contributed by atoms with Gasteiger partial charge in [-0.25, -0.2) is 4.79 Å². The Morgan fingerprint density at radius 3 is 2.56 bits per heavy atom. The number of benzene rings is 2. The summed E-state index contributed by atoms with van der Waals surface area (Å²) < 4.78 is 0. The van der Waals surface area contributed by atoms with E-state index in [1.807, 2.05) is 35.7 Å². The van der Waals surface area contributed by atoms with E-state index in [0.29, 0.717) is 27.8 Å². The lowest BCUT2D eigenvalue weighted by molar-refractivity contribution is 0.0993. The molecule has 0 unspecified atom stereocenters. The summed E-state index contributed by atoms with van der Waals surface area (Å²) in [6.45, 7) is 0.643. The molecule has 5 nitrogen and oxygen atoms in total. The Labute approximate surface area is 165 Å². The van der Waals surface area contributed by atoms with Crippen LogP contribution in [-0.2, 0) is 6.42 Å². The third-order valence-electron chi connectivity index (χ3n) is 4.30. The fourth-order valence-corrected chi connectivity index (χ4v) is 3.92. The molecule has 1 aliphatic rings. The summed E-state index contributed by atoms with van der Waals surface area (Å²) in [5.41, 5.74) is 3.17. The maximum absolute atomic E-state index is 12.7. The number of thiophene rings is 1. The van der Waals surface area contributed by atoms with Crippen LogP contribution in [0.15, 0.2) is 60.0 Å². The van der Waals surface area contributed by atoms with Crippen LogP contribution in [0.2, 0.25) is 5.02 Å². The normalized spacial score (nSPS) is 12.6. The first kappa shape index (κ1) is 17.6. The molecule has 0 saturated carbocycles. The third kappa shape index (κ3) is 3.82. The number of fused-ring (bicyclic) bond motifs is 1. The van der Waals surface area contributed by atoms with E-state index in [2.05, 4.69) is 10.6 Å². The van der Waals surface area contributed by atoms with E-state index in [9.17, 15) is 9.59 Å². The fourth-order valence-electron chi connectivity index (χ4n) is 3.06. The standard InChI is InChI=1S/C20H16ClN3O2S/c21-14-3-1-4-15(11-14)22-20(26)23-16-7-6-13-8-9-24(17(13)12-16)19(25)18-5-2-10-27-18/h1-7,10-12H,8-9H2,(H2,22,23,26). The largest absolute Gasteiger partial charge is 0.323 e. The summed E-state index contributed by atoms with van der Waals surface area (Å²) in [5, 5.41) is 7.99. The second-order valence-electron chi connectivity index (χ2n) is 6.12. The van der Waals surface area contributed by atoms with Crippen LogP contribution in [0.4, 0.5) is 21.9 Å². The van der Waals surface area contributed by atoms with Crippen molar-refractivity contribution in [3.8, 4) is 0 Å². The summed E-state index contributed by atoms with van der Waals surface area (Å²) in [7, 11) is 0. The van der Waals surface area contributed by atoms with Crippen molar-refractivity contribution in [1.82, 2.24) is 0 Å². The van der Waals surface area contributed by atoms with Gasteiger partial charge in [-0.1, -0.05) is 29.8 Å². The Kier molecular flexibility index (Phi) is 4.83. The minimum Gasteiger partial charge on any atom is -0.308 e. The van der Waals surface area contributed by atoms with Crippen molar-refractivity contribution < 1.29 is 9.59 Å². The molecule has 0 fully saturated rings. The van der Waals surface area contributed by atoms with Crippen LogP contribution in [0.5, 0.6) is 0 Å². The van der Waals surface area contributed by atoms with Gasteiger partial charge in [-0.15, -0.1) is 11.3 Å². The van der Waals surface area contributed by atoms with Gasteiger partial charge >= 0.3 is 6.03 Å². The third-order valence-corrected chi connectivity index (χ3v) is 5.39. The molecule has 0 saturated heterocycles. The minimum absolute atomic E-state index is 0.00993. The Morgan fingerprint density at radius 2 is 1.81 bits per heavy atom. The van der Waals surface area contributed by atoms with Crippen LogP contribution >= 0.6 is 22.9 Å². The molecule has 0 atom stereocenters. The molecule has 2 aromatic carbocycles. The second kappa shape index (κ2) is 7.42. The topological polar surface area (TPSA) is 61.4 Å². The number of hydrogen-bond acceptors (Lipinski definition) is 3. The molecular formula is C20H16ClN3O2S. The quantitative estimate of drug-likeness (QED) is 0.634. The summed E-state index contributed by atoms with van der Waals surface area (Å²) in [4.78, 5) is 27.4. The Balaban J connectivity index is 1.50. The highest BCUT2D eigenvalue weighted by atomic mass is 35.5. The van der Waals surface area contributed by atoms with Gasteiger partial charge in [-0.2, -0.15) is 0 Å². The predicted octanol–water partition coefficient (Wildman–Crippen LogP) is 5.25. The first-order chi connectivity index (χ1) is 13.1. The van der Waals surface area contributed by atoms with E-state index in [1.165, 1.54) is 11.3 Å². The molecule has 3 aromatic rings. The van der Waals surface area contributed by atoms with Crippen molar-refractivity contribution in [1.29, 1.82) is 0 Å². The number of urea groups is 1. The van der Waals surface area contributed by atoms with Gasteiger partial charge in [0.2, 0.25) is 0 Å². The summed E-state index contributed by atoms with van der Waals surface area (Å²) >= 11 is 7.36. The predicted molar refractivity (Wildman–Crippen MR) is 110 cm³/mol. The number of nitrogens with one attached hydrogen (secondary N) is 2. The molecule has 0 radical (unpaired) electrons. The number of hydrogen-bond donors (Lipinski definition) is 2. The Bertz CT molecular complexity index is 1000. The van der Waals surface area contributed by atoms with Crippen LogP contribution in [-0.4, -0.2) is 18.5 Å². The van der Waals surface area contributed by atoms with Gasteiger partial charge in [-0.05, 0) is 53.8 Å². The minimum atomic E-state index is -0.369. The van der Waals surface area contributed by atoms with E-state index >= 15 is 0 Å². The van der Waals surface area contributed by atoms with Gasteiger partial charge < -0.3 is 15.5 Å². The van der Waals surface area contributed by atoms with Gasteiger partial charge in [0, 0.05) is 28.6 Å². The molecule has 1 aromatic heterocycles. The van der Waals surface area contributed by atoms with Crippen LogP contribution in [0, 0.1) is 0 Å². The zero-order chi connectivity index (χ0) is 18.8. The Hall–Kier alpha value is -2.83. The van der Waals surface area contributed by atoms with Gasteiger partial charge in [-0.3, -0.25) is 4.79 Å². The van der Waals surface area contributed by atoms with E-state index in [1.54, 1.807) is 29.2 Å². The van der Waals surface area contributed by atoms with Crippen LogP contribution in [0.25, 0.3) is 0 Å². The number of carbonyl (C=O) groups is 2. The molecule has 2 N–H and O–H groups in total. The van der Waals surface area contributed by atoms with Crippen LogP contribution in [0.1, 0.15) is 15.2 Å². The summed E-state index contributed by atoms with van der Waals surface area (Å²) in [6.07, 6.45) is 0.807. The average Bonchev–Trinajstić information content (AvgIpc) is 3.31. The molecule has 7 heteroatoms. The first-order valence-electron chi connectivity index (χ1n) is 8.42.